The lowest BCUT2D eigenvalue weighted by atomic mass is 10.1. The van der Waals surface area contributed by atoms with Crippen LogP contribution >= 0.6 is 11.3 Å². The fourth-order valence-electron chi connectivity index (χ4n) is 1.98. The third-order valence-corrected chi connectivity index (χ3v) is 5.38. The molecule has 20 heavy (non-hydrogen) atoms. The van der Waals surface area contributed by atoms with Crippen molar-refractivity contribution in [2.45, 2.75) is 24.9 Å². The van der Waals surface area contributed by atoms with Gasteiger partial charge in [-0.25, -0.2) is 13.1 Å². The molecule has 1 aromatic carbocycles. The summed E-state index contributed by atoms with van der Waals surface area (Å²) in [6.45, 7) is 2.81. The summed E-state index contributed by atoms with van der Waals surface area (Å²) in [5.41, 5.74) is 2.76. The van der Waals surface area contributed by atoms with Crippen LogP contribution in [0.3, 0.4) is 0 Å². The molecule has 0 atom stereocenters. The Morgan fingerprint density at radius 1 is 1.20 bits per heavy atom. The molecule has 0 aliphatic rings. The van der Waals surface area contributed by atoms with E-state index in [1.54, 1.807) is 23.5 Å². The maximum Gasteiger partial charge on any atom is 0.241 e. The zero-order valence-corrected chi connectivity index (χ0v) is 13.1. The fourth-order valence-corrected chi connectivity index (χ4v) is 3.96. The molecule has 0 aliphatic carbocycles. The first-order valence-electron chi connectivity index (χ1n) is 6.28. The van der Waals surface area contributed by atoms with Crippen molar-refractivity contribution in [3.05, 3.63) is 51.7 Å². The Balaban J connectivity index is 2.23. The number of nitrogens with one attached hydrogen (secondary N) is 2. The predicted octanol–water partition coefficient (Wildman–Crippen LogP) is 2.25. The lowest BCUT2D eigenvalue weighted by Gasteiger charge is -2.12. The fraction of sp³-hybridized carbons (Fsp3) is 0.286. The van der Waals surface area contributed by atoms with E-state index < -0.39 is 10.0 Å². The molecule has 4 nitrogen and oxygen atoms in total. The van der Waals surface area contributed by atoms with Gasteiger partial charge in [-0.2, -0.15) is 11.3 Å². The van der Waals surface area contributed by atoms with Gasteiger partial charge in [-0.1, -0.05) is 12.1 Å². The highest BCUT2D eigenvalue weighted by Gasteiger charge is 2.17. The van der Waals surface area contributed by atoms with Gasteiger partial charge in [-0.3, -0.25) is 0 Å². The molecule has 0 unspecified atom stereocenters. The molecule has 0 aliphatic heterocycles. The molecule has 6 heteroatoms. The first-order chi connectivity index (χ1) is 9.54. The van der Waals surface area contributed by atoms with E-state index in [0.717, 1.165) is 16.7 Å². The molecule has 2 aromatic rings. The van der Waals surface area contributed by atoms with Crippen molar-refractivity contribution in [3.8, 4) is 0 Å². The standard InChI is InChI=1S/C14H18N2O2S2/c1-11-13(9-15-2)4-3-5-14(11)20(17,18)16-8-12-6-7-19-10-12/h3-7,10,15-16H,8-9H2,1-2H3. The molecule has 108 valence electrons. The van der Waals surface area contributed by atoms with Crippen LogP contribution in [0.1, 0.15) is 16.7 Å². The molecule has 2 N–H and O–H groups in total. The van der Waals surface area contributed by atoms with Crippen molar-refractivity contribution >= 4 is 21.4 Å². The highest BCUT2D eigenvalue weighted by Crippen LogP contribution is 2.19. The summed E-state index contributed by atoms with van der Waals surface area (Å²) in [5, 5.41) is 6.91. The van der Waals surface area contributed by atoms with Gasteiger partial charge in [-0.05, 0) is 53.6 Å². The maximum atomic E-state index is 12.4. The Bertz CT molecular complexity index is 664. The van der Waals surface area contributed by atoms with Gasteiger partial charge in [0.15, 0.2) is 0 Å². The van der Waals surface area contributed by atoms with E-state index in [0.29, 0.717) is 18.0 Å². The van der Waals surface area contributed by atoms with Gasteiger partial charge < -0.3 is 5.32 Å². The molecule has 0 radical (unpaired) electrons. The minimum atomic E-state index is -3.48. The quantitative estimate of drug-likeness (QED) is 0.860. The van der Waals surface area contributed by atoms with Crippen molar-refractivity contribution in [1.29, 1.82) is 0 Å². The van der Waals surface area contributed by atoms with Gasteiger partial charge in [0.25, 0.3) is 0 Å². The molecule has 0 spiro atoms. The van der Waals surface area contributed by atoms with Crippen LogP contribution in [-0.2, 0) is 23.1 Å². The maximum absolute atomic E-state index is 12.4. The minimum absolute atomic E-state index is 0.321. The number of hydrogen-bond donors (Lipinski definition) is 2. The van der Waals surface area contributed by atoms with Gasteiger partial charge >= 0.3 is 0 Å². The number of hydrogen-bond acceptors (Lipinski definition) is 4. The lowest BCUT2D eigenvalue weighted by Crippen LogP contribution is -2.24. The number of thiophene rings is 1. The van der Waals surface area contributed by atoms with E-state index >= 15 is 0 Å². The topological polar surface area (TPSA) is 58.2 Å². The van der Waals surface area contributed by atoms with Crippen molar-refractivity contribution in [2.24, 2.45) is 0 Å². The van der Waals surface area contributed by atoms with Gasteiger partial charge in [0, 0.05) is 13.1 Å². The molecule has 0 saturated heterocycles. The Morgan fingerprint density at radius 2 is 2.00 bits per heavy atom. The molecule has 0 bridgehead atoms. The van der Waals surface area contributed by atoms with Crippen molar-refractivity contribution < 1.29 is 8.42 Å². The predicted molar refractivity (Wildman–Crippen MR) is 82.3 cm³/mol. The zero-order chi connectivity index (χ0) is 14.6. The SMILES string of the molecule is CNCc1cccc(S(=O)(=O)NCc2ccsc2)c1C. The Kier molecular flexibility index (Phi) is 4.93. The van der Waals surface area contributed by atoms with Crippen LogP contribution in [0.25, 0.3) is 0 Å². The first kappa shape index (κ1) is 15.2. The summed E-state index contributed by atoms with van der Waals surface area (Å²) >= 11 is 1.56. The zero-order valence-electron chi connectivity index (χ0n) is 11.5. The van der Waals surface area contributed by atoms with Crippen LogP contribution in [0.15, 0.2) is 39.9 Å². The van der Waals surface area contributed by atoms with Gasteiger partial charge in [0.05, 0.1) is 4.90 Å². The van der Waals surface area contributed by atoms with E-state index in [2.05, 4.69) is 10.0 Å². The minimum Gasteiger partial charge on any atom is -0.316 e. The second-order valence-corrected chi connectivity index (χ2v) is 7.04. The van der Waals surface area contributed by atoms with Gasteiger partial charge in [0.2, 0.25) is 10.0 Å². The van der Waals surface area contributed by atoms with Crippen molar-refractivity contribution in [2.75, 3.05) is 7.05 Å². The summed E-state index contributed by atoms with van der Waals surface area (Å²) in [7, 11) is -1.64. The molecular formula is C14H18N2O2S2. The summed E-state index contributed by atoms with van der Waals surface area (Å²) in [6, 6.07) is 7.27. The van der Waals surface area contributed by atoms with Gasteiger partial charge in [-0.15, -0.1) is 0 Å². The Morgan fingerprint density at radius 3 is 2.65 bits per heavy atom. The second kappa shape index (κ2) is 6.49. The van der Waals surface area contributed by atoms with Crippen LogP contribution in [-0.4, -0.2) is 15.5 Å². The number of sulfonamides is 1. The van der Waals surface area contributed by atoms with Crippen LogP contribution < -0.4 is 10.0 Å². The van der Waals surface area contributed by atoms with Crippen molar-refractivity contribution in [3.63, 3.8) is 0 Å². The van der Waals surface area contributed by atoms with Crippen LogP contribution in [0.4, 0.5) is 0 Å². The van der Waals surface area contributed by atoms with Crippen LogP contribution in [0, 0.1) is 6.92 Å². The van der Waals surface area contributed by atoms with Crippen LogP contribution in [0.5, 0.6) is 0 Å². The second-order valence-electron chi connectivity index (χ2n) is 4.53. The summed E-state index contributed by atoms with van der Waals surface area (Å²) < 4.78 is 27.4. The summed E-state index contributed by atoms with van der Waals surface area (Å²) in [6.07, 6.45) is 0. The molecule has 0 fully saturated rings. The van der Waals surface area contributed by atoms with E-state index in [1.165, 1.54) is 0 Å². The summed E-state index contributed by atoms with van der Waals surface area (Å²) in [4.78, 5) is 0.348. The van der Waals surface area contributed by atoms with E-state index in [1.807, 2.05) is 36.9 Å². The monoisotopic (exact) mass is 310 g/mol. The van der Waals surface area contributed by atoms with E-state index in [4.69, 9.17) is 0 Å². The first-order valence-corrected chi connectivity index (χ1v) is 8.71. The van der Waals surface area contributed by atoms with Gasteiger partial charge in [0.1, 0.15) is 0 Å². The third kappa shape index (κ3) is 3.46. The molecule has 2 rings (SSSR count). The number of benzene rings is 1. The van der Waals surface area contributed by atoms with Crippen molar-refractivity contribution in [1.82, 2.24) is 10.0 Å². The Hall–Kier alpha value is -1.21. The highest BCUT2D eigenvalue weighted by molar-refractivity contribution is 7.89. The molecule has 0 amide bonds. The van der Waals surface area contributed by atoms with E-state index in [-0.39, 0.29) is 0 Å². The largest absolute Gasteiger partial charge is 0.316 e. The normalized spacial score (nSPS) is 11.7. The lowest BCUT2D eigenvalue weighted by molar-refractivity contribution is 0.580. The molecular weight excluding hydrogens is 292 g/mol. The molecule has 1 heterocycles. The van der Waals surface area contributed by atoms with E-state index in [9.17, 15) is 8.42 Å². The number of rotatable bonds is 6. The smallest absolute Gasteiger partial charge is 0.241 e. The van der Waals surface area contributed by atoms with Crippen LogP contribution in [0.2, 0.25) is 0 Å². The third-order valence-electron chi connectivity index (χ3n) is 3.10. The molecule has 0 saturated carbocycles. The average Bonchev–Trinajstić information content (AvgIpc) is 2.92. The summed E-state index contributed by atoms with van der Waals surface area (Å²) in [5.74, 6) is 0. The Labute approximate surface area is 123 Å². The highest BCUT2D eigenvalue weighted by atomic mass is 32.2. The molecule has 1 aromatic heterocycles. The average molecular weight is 310 g/mol.